The van der Waals surface area contributed by atoms with Gasteiger partial charge in [-0.3, -0.25) is 0 Å². The van der Waals surface area contributed by atoms with Crippen molar-refractivity contribution in [3.8, 4) is 5.69 Å². The lowest BCUT2D eigenvalue weighted by Gasteiger charge is -2.15. The van der Waals surface area contributed by atoms with Gasteiger partial charge in [0.15, 0.2) is 0 Å². The summed E-state index contributed by atoms with van der Waals surface area (Å²) in [6.45, 7) is 9.42. The van der Waals surface area contributed by atoms with E-state index in [2.05, 4.69) is 50.2 Å². The second kappa shape index (κ2) is 6.42. The molecule has 1 aromatic carbocycles. The first-order chi connectivity index (χ1) is 9.52. The van der Waals surface area contributed by atoms with Crippen LogP contribution in [0.5, 0.6) is 0 Å². The van der Waals surface area contributed by atoms with Gasteiger partial charge in [-0.25, -0.2) is 4.68 Å². The maximum Gasteiger partial charge on any atom is 0.0660 e. The molecular weight excluding hydrogens is 270 g/mol. The van der Waals surface area contributed by atoms with Crippen LogP contribution >= 0.6 is 11.6 Å². The molecule has 0 spiro atoms. The number of hydrogen-bond donors (Lipinski definition) is 1. The number of benzene rings is 1. The summed E-state index contributed by atoms with van der Waals surface area (Å²) in [6.07, 6.45) is 1.98. The highest BCUT2D eigenvalue weighted by Gasteiger charge is 2.11. The fourth-order valence-electron chi connectivity index (χ4n) is 2.22. The van der Waals surface area contributed by atoms with E-state index in [1.807, 2.05) is 23.0 Å². The van der Waals surface area contributed by atoms with E-state index in [0.29, 0.717) is 5.92 Å². The smallest absolute Gasteiger partial charge is 0.0660 e. The van der Waals surface area contributed by atoms with Crippen molar-refractivity contribution < 1.29 is 0 Å². The zero-order chi connectivity index (χ0) is 14.7. The van der Waals surface area contributed by atoms with Gasteiger partial charge in [-0.1, -0.05) is 38.4 Å². The molecule has 0 amide bonds. The summed E-state index contributed by atoms with van der Waals surface area (Å²) in [5.41, 5.74) is 3.20. The van der Waals surface area contributed by atoms with Crippen molar-refractivity contribution in [1.29, 1.82) is 0 Å². The Hall–Kier alpha value is -1.32. The number of halogens is 1. The van der Waals surface area contributed by atoms with E-state index >= 15 is 0 Å². The average molecular weight is 292 g/mol. The molecule has 2 aromatic rings. The number of aromatic nitrogens is 2. The van der Waals surface area contributed by atoms with Gasteiger partial charge in [0.25, 0.3) is 0 Å². The van der Waals surface area contributed by atoms with Gasteiger partial charge in [0.1, 0.15) is 0 Å². The second-order valence-corrected chi connectivity index (χ2v) is 5.73. The van der Waals surface area contributed by atoms with E-state index in [-0.39, 0.29) is 6.04 Å². The molecular formula is C16H22ClN3. The Morgan fingerprint density at radius 3 is 2.55 bits per heavy atom. The molecule has 108 valence electrons. The molecule has 20 heavy (non-hydrogen) atoms. The van der Waals surface area contributed by atoms with Crippen molar-refractivity contribution in [3.63, 3.8) is 0 Å². The normalized spacial score (nSPS) is 12.9. The minimum Gasteiger partial charge on any atom is -0.310 e. The lowest BCUT2D eigenvalue weighted by atomic mass is 10.1. The van der Waals surface area contributed by atoms with Crippen molar-refractivity contribution in [2.24, 2.45) is 0 Å². The molecule has 0 aliphatic rings. The number of nitrogens with zero attached hydrogens (tertiary/aromatic N) is 2. The van der Waals surface area contributed by atoms with Gasteiger partial charge in [-0.05, 0) is 43.1 Å². The van der Waals surface area contributed by atoms with Crippen molar-refractivity contribution in [2.45, 2.75) is 39.7 Å². The zero-order valence-corrected chi connectivity index (χ0v) is 13.3. The highest BCUT2D eigenvalue weighted by molar-refractivity contribution is 6.31. The monoisotopic (exact) mass is 291 g/mol. The summed E-state index contributed by atoms with van der Waals surface area (Å²) in [5.74, 6) is 0.430. The Morgan fingerprint density at radius 2 is 2.00 bits per heavy atom. The van der Waals surface area contributed by atoms with Crippen LogP contribution in [0.3, 0.4) is 0 Å². The van der Waals surface area contributed by atoms with Crippen LogP contribution in [0.2, 0.25) is 5.02 Å². The van der Waals surface area contributed by atoms with Gasteiger partial charge in [0.05, 0.1) is 11.4 Å². The summed E-state index contributed by atoms with van der Waals surface area (Å²) >= 11 is 6.40. The number of rotatable bonds is 5. The fraction of sp³-hybridized carbons (Fsp3) is 0.438. The van der Waals surface area contributed by atoms with Crippen molar-refractivity contribution >= 4 is 11.6 Å². The van der Waals surface area contributed by atoms with Gasteiger partial charge >= 0.3 is 0 Å². The first-order valence-electron chi connectivity index (χ1n) is 7.11. The van der Waals surface area contributed by atoms with Crippen LogP contribution in [-0.2, 0) is 0 Å². The maximum absolute atomic E-state index is 6.40. The van der Waals surface area contributed by atoms with Crippen molar-refractivity contribution in [1.82, 2.24) is 15.1 Å². The summed E-state index contributed by atoms with van der Waals surface area (Å²) in [5, 5.41) is 8.72. The van der Waals surface area contributed by atoms with Gasteiger partial charge in [-0.15, -0.1) is 0 Å². The zero-order valence-electron chi connectivity index (χ0n) is 12.5. The van der Waals surface area contributed by atoms with E-state index in [1.54, 1.807) is 0 Å². The summed E-state index contributed by atoms with van der Waals surface area (Å²) in [6, 6.07) is 8.41. The molecule has 0 bridgehead atoms. The molecule has 1 unspecified atom stereocenters. The summed E-state index contributed by atoms with van der Waals surface area (Å²) < 4.78 is 1.88. The molecule has 0 aliphatic carbocycles. The molecule has 3 nitrogen and oxygen atoms in total. The number of nitrogens with one attached hydrogen (secondary N) is 1. The van der Waals surface area contributed by atoms with Crippen LogP contribution in [0.4, 0.5) is 0 Å². The van der Waals surface area contributed by atoms with Gasteiger partial charge in [-0.2, -0.15) is 5.10 Å². The SMILES string of the molecule is CCNC(C)c1ccc(-n2ccc(C(C)C)n2)cc1Cl. The molecule has 1 heterocycles. The Kier molecular flexibility index (Phi) is 4.84. The van der Waals surface area contributed by atoms with Crippen LogP contribution in [0, 0.1) is 0 Å². The van der Waals surface area contributed by atoms with Crippen LogP contribution in [-0.4, -0.2) is 16.3 Å². The highest BCUT2D eigenvalue weighted by Crippen LogP contribution is 2.25. The Bertz CT molecular complexity index is 575. The van der Waals surface area contributed by atoms with E-state index in [0.717, 1.165) is 28.5 Å². The average Bonchev–Trinajstić information content (AvgIpc) is 2.88. The minimum atomic E-state index is 0.255. The van der Waals surface area contributed by atoms with Gasteiger partial charge < -0.3 is 5.32 Å². The third kappa shape index (κ3) is 3.22. The topological polar surface area (TPSA) is 29.9 Å². The predicted molar refractivity (Wildman–Crippen MR) is 84.8 cm³/mol. The van der Waals surface area contributed by atoms with Crippen molar-refractivity contribution in [2.75, 3.05) is 6.54 Å². The van der Waals surface area contributed by atoms with Crippen LogP contribution < -0.4 is 5.32 Å². The van der Waals surface area contributed by atoms with Crippen LogP contribution in [0.15, 0.2) is 30.5 Å². The molecule has 1 aromatic heterocycles. The third-order valence-corrected chi connectivity index (χ3v) is 3.75. The molecule has 1 N–H and O–H groups in total. The number of hydrogen-bond acceptors (Lipinski definition) is 2. The van der Waals surface area contributed by atoms with Crippen molar-refractivity contribution in [3.05, 3.63) is 46.7 Å². The molecule has 0 saturated carbocycles. The quantitative estimate of drug-likeness (QED) is 0.889. The first-order valence-corrected chi connectivity index (χ1v) is 7.49. The molecule has 0 radical (unpaired) electrons. The standard InChI is InChI=1S/C16H22ClN3/c1-5-18-12(4)14-7-6-13(10-15(14)17)20-9-8-16(19-20)11(2)3/h6-12,18H,5H2,1-4H3. The lowest BCUT2D eigenvalue weighted by molar-refractivity contribution is 0.598. The minimum absolute atomic E-state index is 0.255. The molecule has 0 aliphatic heterocycles. The van der Waals surface area contributed by atoms with E-state index in [1.165, 1.54) is 0 Å². The molecule has 0 fully saturated rings. The third-order valence-electron chi connectivity index (χ3n) is 3.43. The Balaban J connectivity index is 2.28. The van der Waals surface area contributed by atoms with Crippen LogP contribution in [0.25, 0.3) is 5.69 Å². The molecule has 0 saturated heterocycles. The Morgan fingerprint density at radius 1 is 1.25 bits per heavy atom. The molecule has 2 rings (SSSR count). The highest BCUT2D eigenvalue weighted by atomic mass is 35.5. The van der Waals surface area contributed by atoms with Crippen LogP contribution in [0.1, 0.15) is 50.9 Å². The first kappa shape index (κ1) is 15.1. The predicted octanol–water partition coefficient (Wildman–Crippen LogP) is 4.32. The van der Waals surface area contributed by atoms with E-state index < -0.39 is 0 Å². The maximum atomic E-state index is 6.40. The molecule has 1 atom stereocenters. The largest absolute Gasteiger partial charge is 0.310 e. The summed E-state index contributed by atoms with van der Waals surface area (Å²) in [7, 11) is 0. The van der Waals surface area contributed by atoms with E-state index in [4.69, 9.17) is 11.6 Å². The van der Waals surface area contributed by atoms with Gasteiger partial charge in [0.2, 0.25) is 0 Å². The Labute approximate surface area is 126 Å². The molecule has 4 heteroatoms. The van der Waals surface area contributed by atoms with E-state index in [9.17, 15) is 0 Å². The van der Waals surface area contributed by atoms with Gasteiger partial charge in [0, 0.05) is 17.3 Å². The summed E-state index contributed by atoms with van der Waals surface area (Å²) in [4.78, 5) is 0. The lowest BCUT2D eigenvalue weighted by Crippen LogP contribution is -2.18. The second-order valence-electron chi connectivity index (χ2n) is 5.33. The fourth-order valence-corrected chi connectivity index (χ4v) is 2.55.